The van der Waals surface area contributed by atoms with Crippen LogP contribution in [0.25, 0.3) is 0 Å². The molecule has 0 spiro atoms. The van der Waals surface area contributed by atoms with Crippen LogP contribution in [0.3, 0.4) is 0 Å². The quantitative estimate of drug-likeness (QED) is 0.476. The second-order valence-electron chi connectivity index (χ2n) is 6.43. The highest BCUT2D eigenvalue weighted by molar-refractivity contribution is 7.08. The smallest absolute Gasteiger partial charge is 0.319 e. The third-order valence-electron chi connectivity index (χ3n) is 4.60. The Morgan fingerprint density at radius 3 is 2.76 bits per heavy atom. The average molecular weight is 431 g/mol. The van der Waals surface area contributed by atoms with Gasteiger partial charge in [0.25, 0.3) is 0 Å². The van der Waals surface area contributed by atoms with Crippen molar-refractivity contribution in [1.29, 1.82) is 0 Å². The van der Waals surface area contributed by atoms with Gasteiger partial charge >= 0.3 is 6.03 Å². The van der Waals surface area contributed by atoms with Crippen LogP contribution in [0, 0.1) is 0 Å². The van der Waals surface area contributed by atoms with Crippen molar-refractivity contribution in [2.75, 3.05) is 25.0 Å². The van der Waals surface area contributed by atoms with Crippen LogP contribution in [0.4, 0.5) is 10.5 Å². The van der Waals surface area contributed by atoms with E-state index in [0.717, 1.165) is 18.8 Å². The number of hydrogen-bond acceptors (Lipinski definition) is 6. The SMILES string of the molecule is CCN(CC)C(CNC(=O)Nc1cccc(OCc2cscn2)c1)c1ccsc1. The van der Waals surface area contributed by atoms with E-state index in [0.29, 0.717) is 24.6 Å². The lowest BCUT2D eigenvalue weighted by molar-refractivity contribution is 0.210. The molecule has 2 N–H and O–H groups in total. The van der Waals surface area contributed by atoms with E-state index >= 15 is 0 Å². The molecule has 1 unspecified atom stereocenters. The van der Waals surface area contributed by atoms with E-state index < -0.39 is 0 Å². The molecule has 154 valence electrons. The molecular weight excluding hydrogens is 404 g/mol. The summed E-state index contributed by atoms with van der Waals surface area (Å²) < 4.78 is 5.75. The van der Waals surface area contributed by atoms with Gasteiger partial charge in [-0.15, -0.1) is 11.3 Å². The Hall–Kier alpha value is -2.42. The zero-order valence-electron chi connectivity index (χ0n) is 16.6. The summed E-state index contributed by atoms with van der Waals surface area (Å²) in [5.74, 6) is 0.690. The second kappa shape index (κ2) is 10.9. The molecule has 29 heavy (non-hydrogen) atoms. The van der Waals surface area contributed by atoms with Crippen LogP contribution in [0.2, 0.25) is 0 Å². The second-order valence-corrected chi connectivity index (χ2v) is 7.92. The highest BCUT2D eigenvalue weighted by Gasteiger charge is 2.19. The number of aromatic nitrogens is 1. The Labute approximate surface area is 179 Å². The molecule has 8 heteroatoms. The molecule has 0 aliphatic carbocycles. The van der Waals surface area contributed by atoms with Crippen molar-refractivity contribution in [2.24, 2.45) is 0 Å². The zero-order chi connectivity index (χ0) is 20.5. The Bertz CT molecular complexity index is 865. The molecular formula is C21H26N4O2S2. The molecule has 0 fully saturated rings. The Morgan fingerprint density at radius 2 is 2.07 bits per heavy atom. The first kappa shape index (κ1) is 21.3. The van der Waals surface area contributed by atoms with Gasteiger partial charge in [0, 0.05) is 23.7 Å². The summed E-state index contributed by atoms with van der Waals surface area (Å²) in [5, 5.41) is 12.1. The number of anilines is 1. The molecule has 0 bridgehead atoms. The van der Waals surface area contributed by atoms with Gasteiger partial charge in [0.15, 0.2) is 0 Å². The summed E-state index contributed by atoms with van der Waals surface area (Å²) in [6, 6.07) is 9.43. The van der Waals surface area contributed by atoms with E-state index in [1.54, 1.807) is 16.8 Å². The molecule has 3 aromatic rings. The van der Waals surface area contributed by atoms with Gasteiger partial charge in [-0.3, -0.25) is 4.90 Å². The summed E-state index contributed by atoms with van der Waals surface area (Å²) in [7, 11) is 0. The van der Waals surface area contributed by atoms with E-state index in [1.165, 1.54) is 16.9 Å². The maximum absolute atomic E-state index is 12.5. The number of nitrogens with zero attached hydrogens (tertiary/aromatic N) is 2. The summed E-state index contributed by atoms with van der Waals surface area (Å²) in [5.41, 5.74) is 4.59. The number of urea groups is 1. The van der Waals surface area contributed by atoms with E-state index in [-0.39, 0.29) is 12.1 Å². The van der Waals surface area contributed by atoms with Gasteiger partial charge in [0.1, 0.15) is 12.4 Å². The van der Waals surface area contributed by atoms with Crippen LogP contribution in [0.5, 0.6) is 5.75 Å². The predicted octanol–water partition coefficient (Wildman–Crippen LogP) is 4.99. The lowest BCUT2D eigenvalue weighted by Gasteiger charge is -2.29. The van der Waals surface area contributed by atoms with Crippen molar-refractivity contribution in [3.8, 4) is 5.75 Å². The van der Waals surface area contributed by atoms with Crippen LogP contribution in [0.15, 0.2) is 52.0 Å². The normalized spacial score (nSPS) is 12.0. The molecule has 1 aromatic carbocycles. The minimum Gasteiger partial charge on any atom is -0.487 e. The zero-order valence-corrected chi connectivity index (χ0v) is 18.3. The molecule has 6 nitrogen and oxygen atoms in total. The average Bonchev–Trinajstić information content (AvgIpc) is 3.44. The molecule has 2 aromatic heterocycles. The van der Waals surface area contributed by atoms with Crippen molar-refractivity contribution in [3.05, 3.63) is 63.2 Å². The van der Waals surface area contributed by atoms with E-state index in [2.05, 4.69) is 51.2 Å². The molecule has 2 heterocycles. The van der Waals surface area contributed by atoms with Gasteiger partial charge in [0.05, 0.1) is 17.2 Å². The van der Waals surface area contributed by atoms with Crippen molar-refractivity contribution in [3.63, 3.8) is 0 Å². The molecule has 0 aliphatic rings. The fraction of sp³-hybridized carbons (Fsp3) is 0.333. The van der Waals surface area contributed by atoms with Gasteiger partial charge in [-0.05, 0) is 47.6 Å². The number of carbonyl (C=O) groups excluding carboxylic acids is 1. The molecule has 0 aliphatic heterocycles. The number of ether oxygens (including phenoxy) is 1. The van der Waals surface area contributed by atoms with E-state index in [1.807, 2.05) is 29.6 Å². The van der Waals surface area contributed by atoms with Crippen LogP contribution in [0.1, 0.15) is 31.1 Å². The number of rotatable bonds is 10. The summed E-state index contributed by atoms with van der Waals surface area (Å²) in [6.07, 6.45) is 0. The summed E-state index contributed by atoms with van der Waals surface area (Å²) in [6.45, 7) is 7.09. The fourth-order valence-corrected chi connectivity index (χ4v) is 4.33. The van der Waals surface area contributed by atoms with Crippen LogP contribution >= 0.6 is 22.7 Å². The predicted molar refractivity (Wildman–Crippen MR) is 120 cm³/mol. The van der Waals surface area contributed by atoms with Crippen LogP contribution < -0.4 is 15.4 Å². The first-order valence-electron chi connectivity index (χ1n) is 9.60. The van der Waals surface area contributed by atoms with E-state index in [4.69, 9.17) is 4.74 Å². The van der Waals surface area contributed by atoms with Crippen molar-refractivity contribution in [1.82, 2.24) is 15.2 Å². The number of benzene rings is 1. The van der Waals surface area contributed by atoms with Gasteiger partial charge in [-0.2, -0.15) is 11.3 Å². The Morgan fingerprint density at radius 1 is 1.21 bits per heavy atom. The summed E-state index contributed by atoms with van der Waals surface area (Å²) in [4.78, 5) is 19.0. The number of likely N-dealkylation sites (N-methyl/N-ethyl adjacent to an activating group) is 1. The standard InChI is InChI=1S/C21H26N4O2S2/c1-3-25(4-2)20(16-8-9-28-13-16)11-22-21(26)24-17-6-5-7-19(10-17)27-12-18-14-29-15-23-18/h5-10,13-15,20H,3-4,11-12H2,1-2H3,(H2,22,24,26). The molecule has 0 saturated heterocycles. The molecule has 1 atom stereocenters. The molecule has 2 amide bonds. The highest BCUT2D eigenvalue weighted by Crippen LogP contribution is 2.22. The van der Waals surface area contributed by atoms with Crippen molar-refractivity contribution >= 4 is 34.4 Å². The first-order valence-corrected chi connectivity index (χ1v) is 11.5. The Kier molecular flexibility index (Phi) is 8.03. The van der Waals surface area contributed by atoms with Crippen molar-refractivity contribution < 1.29 is 9.53 Å². The summed E-state index contributed by atoms with van der Waals surface area (Å²) >= 11 is 3.21. The molecule has 0 saturated carbocycles. The number of amides is 2. The minimum atomic E-state index is -0.228. The van der Waals surface area contributed by atoms with Gasteiger partial charge in [0.2, 0.25) is 0 Å². The number of thiophene rings is 1. The molecule has 0 radical (unpaired) electrons. The number of thiazole rings is 1. The highest BCUT2D eigenvalue weighted by atomic mass is 32.1. The maximum atomic E-state index is 12.5. The third kappa shape index (κ3) is 6.28. The largest absolute Gasteiger partial charge is 0.487 e. The maximum Gasteiger partial charge on any atom is 0.319 e. The Balaban J connectivity index is 1.54. The third-order valence-corrected chi connectivity index (χ3v) is 5.94. The van der Waals surface area contributed by atoms with E-state index in [9.17, 15) is 4.79 Å². The molecule has 3 rings (SSSR count). The lowest BCUT2D eigenvalue weighted by Crippen LogP contribution is -2.39. The van der Waals surface area contributed by atoms with Crippen LogP contribution in [-0.2, 0) is 6.61 Å². The first-order chi connectivity index (χ1) is 14.2. The lowest BCUT2D eigenvalue weighted by atomic mass is 10.1. The number of hydrogen-bond donors (Lipinski definition) is 2. The van der Waals surface area contributed by atoms with Gasteiger partial charge in [-0.1, -0.05) is 19.9 Å². The monoisotopic (exact) mass is 430 g/mol. The van der Waals surface area contributed by atoms with Gasteiger partial charge < -0.3 is 15.4 Å². The number of carbonyl (C=O) groups is 1. The fourth-order valence-electron chi connectivity index (χ4n) is 3.08. The van der Waals surface area contributed by atoms with Gasteiger partial charge in [-0.25, -0.2) is 9.78 Å². The minimum absolute atomic E-state index is 0.162. The van der Waals surface area contributed by atoms with Crippen LogP contribution in [-0.4, -0.2) is 35.5 Å². The topological polar surface area (TPSA) is 66.5 Å². The van der Waals surface area contributed by atoms with Crippen molar-refractivity contribution in [2.45, 2.75) is 26.5 Å². The number of nitrogens with one attached hydrogen (secondary N) is 2.